The van der Waals surface area contributed by atoms with E-state index in [1.807, 2.05) is 0 Å². The Hall–Kier alpha value is -2.52. The molecule has 3 unspecified atom stereocenters. The molecule has 2 aromatic rings. The largest absolute Gasteiger partial charge is 0.490 e. The van der Waals surface area contributed by atoms with Gasteiger partial charge in [-0.3, -0.25) is 0 Å². The molecule has 40 heavy (non-hydrogen) atoms. The molecule has 4 aliphatic rings. The van der Waals surface area contributed by atoms with E-state index < -0.39 is 5.60 Å². The predicted molar refractivity (Wildman–Crippen MR) is 163 cm³/mol. The summed E-state index contributed by atoms with van der Waals surface area (Å²) in [7, 11) is 0. The van der Waals surface area contributed by atoms with E-state index in [1.165, 1.54) is 49.7 Å². The molecule has 4 fully saturated rings. The Labute approximate surface area is 241 Å². The van der Waals surface area contributed by atoms with E-state index in [0.717, 1.165) is 36.7 Å². The molecule has 0 aromatic heterocycles. The van der Waals surface area contributed by atoms with Crippen molar-refractivity contribution in [2.75, 3.05) is 13.2 Å². The van der Waals surface area contributed by atoms with Crippen molar-refractivity contribution in [3.8, 4) is 11.5 Å². The number of fused-ring (bicyclic) bond motifs is 5. The van der Waals surface area contributed by atoms with E-state index in [-0.39, 0.29) is 5.41 Å². The molecule has 214 valence electrons. The maximum absolute atomic E-state index is 12.6. The first-order valence-electron chi connectivity index (χ1n) is 15.7. The number of ether oxygens (including phenoxy) is 2. The molecule has 1 N–H and O–H groups in total. The van der Waals surface area contributed by atoms with Crippen LogP contribution in [0.25, 0.3) is 0 Å². The Balaban J connectivity index is 1.17. The molecular formula is C37H48O3. The van der Waals surface area contributed by atoms with Crippen LogP contribution in [0.1, 0.15) is 94.6 Å². The molecule has 0 amide bonds. The van der Waals surface area contributed by atoms with Gasteiger partial charge in [0.1, 0.15) is 24.7 Å². The lowest BCUT2D eigenvalue weighted by molar-refractivity contribution is -0.201. The van der Waals surface area contributed by atoms with Crippen LogP contribution >= 0.6 is 0 Å². The minimum atomic E-state index is -0.565. The number of aliphatic hydroxyl groups is 1. The standard InChI is InChI=1S/C37H48O3/c1-5-23-39-30-12-7-26(8-13-30)28-17-20-35(3)29(25-28)11-16-34-33(35)18-21-36(4)32(19-22-37(34,36)38)27-9-14-31(15-10-27)40-24-6-2/h5-10,12-15,28-29,32-34,38H,1-2,11,16-25H2,3-4H3/t28?,29?,32?,33-,34-,35+,36-,37-/m1/s1. The van der Waals surface area contributed by atoms with Crippen LogP contribution in [0.5, 0.6) is 11.5 Å². The topological polar surface area (TPSA) is 38.7 Å². The van der Waals surface area contributed by atoms with Crippen LogP contribution in [0.4, 0.5) is 0 Å². The summed E-state index contributed by atoms with van der Waals surface area (Å²) in [5.74, 6) is 4.66. The molecule has 6 rings (SSSR count). The highest BCUT2D eigenvalue weighted by molar-refractivity contribution is 5.35. The fourth-order valence-electron chi connectivity index (χ4n) is 10.0. The van der Waals surface area contributed by atoms with Gasteiger partial charge in [0.05, 0.1) is 5.60 Å². The average molecular weight is 541 g/mol. The molecule has 0 spiro atoms. The quantitative estimate of drug-likeness (QED) is 0.340. The zero-order valence-corrected chi connectivity index (χ0v) is 24.6. The van der Waals surface area contributed by atoms with Crippen molar-refractivity contribution >= 4 is 0 Å². The normalized spacial score (nSPS) is 38.4. The smallest absolute Gasteiger partial charge is 0.119 e. The van der Waals surface area contributed by atoms with Crippen LogP contribution in [0.2, 0.25) is 0 Å². The summed E-state index contributed by atoms with van der Waals surface area (Å²) >= 11 is 0. The van der Waals surface area contributed by atoms with Gasteiger partial charge in [-0.1, -0.05) is 63.4 Å². The van der Waals surface area contributed by atoms with Crippen LogP contribution in [0.15, 0.2) is 73.8 Å². The molecule has 0 saturated heterocycles. The fourth-order valence-corrected chi connectivity index (χ4v) is 10.0. The molecule has 2 aromatic carbocycles. The van der Waals surface area contributed by atoms with Crippen molar-refractivity contribution in [1.29, 1.82) is 0 Å². The Morgan fingerprint density at radius 2 is 1.38 bits per heavy atom. The van der Waals surface area contributed by atoms with Gasteiger partial charge >= 0.3 is 0 Å². The molecule has 8 atom stereocenters. The summed E-state index contributed by atoms with van der Waals surface area (Å²) in [6, 6.07) is 17.5. The van der Waals surface area contributed by atoms with E-state index in [2.05, 4.69) is 75.5 Å². The average Bonchev–Trinajstić information content (AvgIpc) is 3.26. The summed E-state index contributed by atoms with van der Waals surface area (Å²) < 4.78 is 11.5. The van der Waals surface area contributed by atoms with E-state index in [9.17, 15) is 5.11 Å². The summed E-state index contributed by atoms with van der Waals surface area (Å²) in [5, 5.41) is 12.6. The molecule has 0 radical (unpaired) electrons. The molecule has 0 heterocycles. The highest BCUT2D eigenvalue weighted by Crippen LogP contribution is 2.71. The Morgan fingerprint density at radius 1 is 0.750 bits per heavy atom. The first-order valence-corrected chi connectivity index (χ1v) is 15.7. The highest BCUT2D eigenvalue weighted by atomic mass is 16.5. The van der Waals surface area contributed by atoms with Crippen molar-refractivity contribution in [2.24, 2.45) is 28.6 Å². The van der Waals surface area contributed by atoms with Gasteiger partial charge in [0.25, 0.3) is 0 Å². The Kier molecular flexibility index (Phi) is 7.40. The van der Waals surface area contributed by atoms with Crippen LogP contribution in [-0.4, -0.2) is 23.9 Å². The van der Waals surface area contributed by atoms with Crippen molar-refractivity contribution < 1.29 is 14.6 Å². The zero-order valence-electron chi connectivity index (χ0n) is 24.6. The second-order valence-corrected chi connectivity index (χ2v) is 13.8. The van der Waals surface area contributed by atoms with Crippen molar-refractivity contribution in [3.05, 3.63) is 85.0 Å². The lowest BCUT2D eigenvalue weighted by Crippen LogP contribution is -2.61. The lowest BCUT2D eigenvalue weighted by atomic mass is 9.42. The Bertz CT molecular complexity index is 1200. The maximum atomic E-state index is 12.6. The van der Waals surface area contributed by atoms with Crippen LogP contribution in [-0.2, 0) is 0 Å². The van der Waals surface area contributed by atoms with E-state index >= 15 is 0 Å². The minimum absolute atomic E-state index is 0.0620. The summed E-state index contributed by atoms with van der Waals surface area (Å²) in [5.41, 5.74) is 2.54. The monoisotopic (exact) mass is 540 g/mol. The third kappa shape index (κ3) is 4.44. The third-order valence-corrected chi connectivity index (χ3v) is 12.2. The van der Waals surface area contributed by atoms with Crippen LogP contribution in [0, 0.1) is 28.6 Å². The second kappa shape index (κ2) is 10.7. The van der Waals surface area contributed by atoms with Crippen molar-refractivity contribution in [1.82, 2.24) is 0 Å². The predicted octanol–water partition coefficient (Wildman–Crippen LogP) is 8.84. The lowest BCUT2D eigenvalue weighted by Gasteiger charge is -2.64. The van der Waals surface area contributed by atoms with Gasteiger partial charge in [0.2, 0.25) is 0 Å². The molecule has 4 saturated carbocycles. The number of benzene rings is 2. The highest BCUT2D eigenvalue weighted by Gasteiger charge is 2.67. The molecule has 0 bridgehead atoms. The first-order chi connectivity index (χ1) is 19.3. The van der Waals surface area contributed by atoms with Crippen molar-refractivity contribution in [2.45, 2.75) is 89.1 Å². The molecule has 3 nitrogen and oxygen atoms in total. The zero-order chi connectivity index (χ0) is 28.0. The molecule has 0 aliphatic heterocycles. The van der Waals surface area contributed by atoms with Crippen molar-refractivity contribution in [3.63, 3.8) is 0 Å². The van der Waals surface area contributed by atoms with Gasteiger partial charge in [0, 0.05) is 5.41 Å². The first kappa shape index (κ1) is 27.6. The Morgan fingerprint density at radius 3 is 2.00 bits per heavy atom. The second-order valence-electron chi connectivity index (χ2n) is 13.8. The molecule has 3 heteroatoms. The van der Waals surface area contributed by atoms with Gasteiger partial charge in [-0.25, -0.2) is 0 Å². The van der Waals surface area contributed by atoms with E-state index in [0.29, 0.717) is 42.3 Å². The molecular weight excluding hydrogens is 492 g/mol. The van der Waals surface area contributed by atoms with Gasteiger partial charge in [-0.2, -0.15) is 0 Å². The molecule has 4 aliphatic carbocycles. The van der Waals surface area contributed by atoms with Gasteiger partial charge in [-0.15, -0.1) is 0 Å². The van der Waals surface area contributed by atoms with Gasteiger partial charge < -0.3 is 14.6 Å². The SMILES string of the molecule is C=CCOc1ccc(C2CC[C@@]3(C)C(CC[C@@H]4[C@H]3CC[C@]3(C)C(c5ccc(OCC=C)cc5)CC[C@@]43O)C2)cc1. The number of rotatable bonds is 8. The van der Waals surface area contributed by atoms with Crippen LogP contribution < -0.4 is 9.47 Å². The minimum Gasteiger partial charge on any atom is -0.490 e. The summed E-state index contributed by atoms with van der Waals surface area (Å²) in [6.45, 7) is 13.6. The van der Waals surface area contributed by atoms with E-state index in [1.54, 1.807) is 12.2 Å². The summed E-state index contributed by atoms with van der Waals surface area (Å²) in [4.78, 5) is 0. The van der Waals surface area contributed by atoms with Gasteiger partial charge in [0.15, 0.2) is 0 Å². The summed E-state index contributed by atoms with van der Waals surface area (Å²) in [6.07, 6.45) is 14.2. The third-order valence-electron chi connectivity index (χ3n) is 12.2. The number of hydrogen-bond acceptors (Lipinski definition) is 3. The van der Waals surface area contributed by atoms with Gasteiger partial charge in [-0.05, 0) is 128 Å². The van der Waals surface area contributed by atoms with Crippen LogP contribution in [0.3, 0.4) is 0 Å². The number of hydrogen-bond donors (Lipinski definition) is 1. The fraction of sp³-hybridized carbons (Fsp3) is 0.568. The maximum Gasteiger partial charge on any atom is 0.119 e. The van der Waals surface area contributed by atoms with E-state index in [4.69, 9.17) is 9.47 Å².